The maximum absolute atomic E-state index is 11.1. The summed E-state index contributed by atoms with van der Waals surface area (Å²) in [7, 11) is 0. The van der Waals surface area contributed by atoms with Crippen molar-refractivity contribution in [2.45, 2.75) is 44.8 Å². The summed E-state index contributed by atoms with van der Waals surface area (Å²) in [5.41, 5.74) is 0.682. The third-order valence-electron chi connectivity index (χ3n) is 3.22. The number of hydrogen-bond donors (Lipinski definition) is 1. The lowest BCUT2D eigenvalue weighted by molar-refractivity contribution is 0.00687. The molecular weight excluding hydrogens is 216 g/mol. The third kappa shape index (κ3) is 3.07. The van der Waals surface area contributed by atoms with Crippen LogP contribution in [-0.2, 0) is 0 Å². The number of rotatable bonds is 3. The number of carbonyl (C=O) groups is 1. The van der Waals surface area contributed by atoms with E-state index in [1.54, 1.807) is 31.2 Å². The summed E-state index contributed by atoms with van der Waals surface area (Å²) in [6.07, 6.45) is 3.42. The number of hydrogen-bond acceptors (Lipinski definition) is 3. The number of carbonyl (C=O) groups excluding carboxylic acids is 1. The van der Waals surface area contributed by atoms with Crippen molar-refractivity contribution < 1.29 is 14.6 Å². The van der Waals surface area contributed by atoms with Crippen molar-refractivity contribution in [3.8, 4) is 5.75 Å². The number of aliphatic hydroxyl groups excluding tert-OH is 1. The number of ketones is 1. The summed E-state index contributed by atoms with van der Waals surface area (Å²) < 4.78 is 5.74. The first-order valence-corrected chi connectivity index (χ1v) is 6.12. The van der Waals surface area contributed by atoms with Gasteiger partial charge in [0, 0.05) is 5.56 Å². The standard InChI is InChI=1S/C14H18O3/c1-10(15)11-6-8-12(9-7-11)17-14-5-3-2-4-13(14)16/h6-9,13-14,16H,2-5H2,1H3/t13-,14-/m1/s1. The maximum Gasteiger partial charge on any atom is 0.159 e. The monoisotopic (exact) mass is 234 g/mol. The van der Waals surface area contributed by atoms with Crippen LogP contribution in [0.4, 0.5) is 0 Å². The average molecular weight is 234 g/mol. The Morgan fingerprint density at radius 2 is 1.88 bits per heavy atom. The van der Waals surface area contributed by atoms with Gasteiger partial charge in [-0.1, -0.05) is 6.42 Å². The van der Waals surface area contributed by atoms with Crippen molar-refractivity contribution >= 4 is 5.78 Å². The van der Waals surface area contributed by atoms with Crippen LogP contribution in [0.1, 0.15) is 43.0 Å². The van der Waals surface area contributed by atoms with E-state index in [1.807, 2.05) is 0 Å². The number of aliphatic hydroxyl groups is 1. The Morgan fingerprint density at radius 1 is 1.24 bits per heavy atom. The molecule has 92 valence electrons. The highest BCUT2D eigenvalue weighted by atomic mass is 16.5. The first-order chi connectivity index (χ1) is 8.16. The Morgan fingerprint density at radius 3 is 2.47 bits per heavy atom. The molecule has 1 saturated carbocycles. The summed E-state index contributed by atoms with van der Waals surface area (Å²) in [5, 5.41) is 9.79. The van der Waals surface area contributed by atoms with Crippen LogP contribution in [0.3, 0.4) is 0 Å². The number of Topliss-reactive ketones (excluding diaryl/α,β-unsaturated/α-hetero) is 1. The topological polar surface area (TPSA) is 46.5 Å². The Bertz CT molecular complexity index is 383. The van der Waals surface area contributed by atoms with Crippen molar-refractivity contribution in [3.63, 3.8) is 0 Å². The quantitative estimate of drug-likeness (QED) is 0.818. The van der Waals surface area contributed by atoms with E-state index in [9.17, 15) is 9.90 Å². The Balaban J connectivity index is 2.00. The van der Waals surface area contributed by atoms with Crippen LogP contribution in [0.15, 0.2) is 24.3 Å². The fourth-order valence-corrected chi connectivity index (χ4v) is 2.16. The largest absolute Gasteiger partial charge is 0.488 e. The van der Waals surface area contributed by atoms with Crippen LogP contribution in [0.25, 0.3) is 0 Å². The third-order valence-corrected chi connectivity index (χ3v) is 3.22. The SMILES string of the molecule is CC(=O)c1ccc(O[C@@H]2CCCC[C@H]2O)cc1. The molecule has 3 heteroatoms. The van der Waals surface area contributed by atoms with E-state index in [-0.39, 0.29) is 18.0 Å². The van der Waals surface area contributed by atoms with Crippen LogP contribution in [0, 0.1) is 0 Å². The van der Waals surface area contributed by atoms with Gasteiger partial charge in [-0.3, -0.25) is 4.79 Å². The smallest absolute Gasteiger partial charge is 0.159 e. The van der Waals surface area contributed by atoms with Gasteiger partial charge in [-0.05, 0) is 50.5 Å². The van der Waals surface area contributed by atoms with Crippen LogP contribution in [0.2, 0.25) is 0 Å². The molecule has 0 aromatic heterocycles. The van der Waals surface area contributed by atoms with Gasteiger partial charge in [0.25, 0.3) is 0 Å². The molecule has 0 radical (unpaired) electrons. The first kappa shape index (κ1) is 12.1. The molecule has 0 amide bonds. The van der Waals surface area contributed by atoms with Gasteiger partial charge in [0.15, 0.2) is 5.78 Å². The molecule has 0 aliphatic heterocycles. The number of benzene rings is 1. The fraction of sp³-hybridized carbons (Fsp3) is 0.500. The van der Waals surface area contributed by atoms with E-state index in [0.717, 1.165) is 31.4 Å². The molecule has 0 spiro atoms. The summed E-state index contributed by atoms with van der Waals surface area (Å²) in [6.45, 7) is 1.54. The minimum Gasteiger partial charge on any atom is -0.488 e. The molecule has 2 atom stereocenters. The van der Waals surface area contributed by atoms with E-state index in [1.165, 1.54) is 0 Å². The lowest BCUT2D eigenvalue weighted by atomic mass is 9.95. The van der Waals surface area contributed by atoms with Crippen molar-refractivity contribution in [3.05, 3.63) is 29.8 Å². The zero-order valence-electron chi connectivity index (χ0n) is 10.1. The minimum atomic E-state index is -0.365. The second-order valence-corrected chi connectivity index (χ2v) is 4.59. The summed E-state index contributed by atoms with van der Waals surface area (Å²) >= 11 is 0. The van der Waals surface area contributed by atoms with Gasteiger partial charge >= 0.3 is 0 Å². The molecule has 1 aromatic carbocycles. The Hall–Kier alpha value is -1.35. The van der Waals surface area contributed by atoms with Crippen LogP contribution >= 0.6 is 0 Å². The average Bonchev–Trinajstić information content (AvgIpc) is 2.33. The van der Waals surface area contributed by atoms with Gasteiger partial charge in [-0.2, -0.15) is 0 Å². The van der Waals surface area contributed by atoms with Crippen molar-refractivity contribution in [1.82, 2.24) is 0 Å². The second kappa shape index (κ2) is 5.32. The summed E-state index contributed by atoms with van der Waals surface area (Å²) in [5.74, 6) is 0.773. The molecule has 1 aliphatic rings. The highest BCUT2D eigenvalue weighted by Gasteiger charge is 2.24. The van der Waals surface area contributed by atoms with E-state index in [4.69, 9.17) is 4.74 Å². The van der Waals surface area contributed by atoms with E-state index >= 15 is 0 Å². The highest BCUT2D eigenvalue weighted by molar-refractivity contribution is 5.94. The predicted octanol–water partition coefficient (Wildman–Crippen LogP) is 2.57. The van der Waals surface area contributed by atoms with Crippen molar-refractivity contribution in [2.24, 2.45) is 0 Å². The van der Waals surface area contributed by atoms with E-state index in [0.29, 0.717) is 5.56 Å². The van der Waals surface area contributed by atoms with Gasteiger partial charge in [-0.25, -0.2) is 0 Å². The zero-order valence-corrected chi connectivity index (χ0v) is 10.1. The predicted molar refractivity (Wildman–Crippen MR) is 65.3 cm³/mol. The Labute approximate surface area is 101 Å². The molecule has 1 aromatic rings. The van der Waals surface area contributed by atoms with Crippen molar-refractivity contribution in [1.29, 1.82) is 0 Å². The number of ether oxygens (including phenoxy) is 1. The van der Waals surface area contributed by atoms with Crippen molar-refractivity contribution in [2.75, 3.05) is 0 Å². The highest BCUT2D eigenvalue weighted by Crippen LogP contribution is 2.24. The van der Waals surface area contributed by atoms with Crippen LogP contribution in [0.5, 0.6) is 5.75 Å². The van der Waals surface area contributed by atoms with Gasteiger partial charge in [0.05, 0.1) is 6.10 Å². The fourth-order valence-electron chi connectivity index (χ4n) is 2.16. The lowest BCUT2D eigenvalue weighted by Gasteiger charge is -2.28. The molecule has 1 N–H and O–H groups in total. The summed E-state index contributed by atoms with van der Waals surface area (Å²) in [4.78, 5) is 11.1. The molecule has 0 heterocycles. The van der Waals surface area contributed by atoms with Gasteiger partial charge < -0.3 is 9.84 Å². The molecule has 0 bridgehead atoms. The van der Waals surface area contributed by atoms with Gasteiger partial charge in [-0.15, -0.1) is 0 Å². The normalized spacial score (nSPS) is 24.4. The molecule has 2 rings (SSSR count). The molecule has 0 unspecified atom stereocenters. The van der Waals surface area contributed by atoms with Crippen LogP contribution in [-0.4, -0.2) is 23.1 Å². The van der Waals surface area contributed by atoms with E-state index in [2.05, 4.69) is 0 Å². The molecule has 1 fully saturated rings. The molecular formula is C14H18O3. The molecule has 0 saturated heterocycles. The Kier molecular flexibility index (Phi) is 3.79. The summed E-state index contributed by atoms with van der Waals surface area (Å²) in [6, 6.07) is 7.09. The molecule has 1 aliphatic carbocycles. The first-order valence-electron chi connectivity index (χ1n) is 6.12. The zero-order chi connectivity index (χ0) is 12.3. The van der Waals surface area contributed by atoms with E-state index < -0.39 is 0 Å². The maximum atomic E-state index is 11.1. The lowest BCUT2D eigenvalue weighted by Crippen LogP contribution is -2.34. The van der Waals surface area contributed by atoms with Gasteiger partial charge in [0.1, 0.15) is 11.9 Å². The minimum absolute atomic E-state index is 0.0502. The van der Waals surface area contributed by atoms with Gasteiger partial charge in [0.2, 0.25) is 0 Å². The van der Waals surface area contributed by atoms with Crippen LogP contribution < -0.4 is 4.74 Å². The second-order valence-electron chi connectivity index (χ2n) is 4.59. The molecule has 3 nitrogen and oxygen atoms in total. The molecule has 17 heavy (non-hydrogen) atoms.